The van der Waals surface area contributed by atoms with Gasteiger partial charge < -0.3 is 9.72 Å². The molecule has 0 aliphatic heterocycles. The maximum absolute atomic E-state index is 12.4. The summed E-state index contributed by atoms with van der Waals surface area (Å²) in [5, 5.41) is 6.83. The van der Waals surface area contributed by atoms with E-state index in [9.17, 15) is 9.59 Å². The topological polar surface area (TPSA) is 77.0 Å². The van der Waals surface area contributed by atoms with Gasteiger partial charge in [-0.1, -0.05) is 12.1 Å². The third-order valence-electron chi connectivity index (χ3n) is 4.32. The molecular formula is C19H15N3O3. The van der Waals surface area contributed by atoms with Crippen LogP contribution in [0.25, 0.3) is 32.7 Å². The number of esters is 1. The fourth-order valence-corrected chi connectivity index (χ4v) is 3.14. The van der Waals surface area contributed by atoms with Gasteiger partial charge in [-0.3, -0.25) is 9.48 Å². The number of hydrogen-bond donors (Lipinski definition) is 1. The van der Waals surface area contributed by atoms with Crippen LogP contribution in [0.1, 0.15) is 10.4 Å². The van der Waals surface area contributed by atoms with Gasteiger partial charge in [-0.25, -0.2) is 4.79 Å². The van der Waals surface area contributed by atoms with Crippen LogP contribution in [0.15, 0.2) is 53.7 Å². The lowest BCUT2D eigenvalue weighted by molar-refractivity contribution is 0.0603. The van der Waals surface area contributed by atoms with Crippen molar-refractivity contribution in [2.24, 2.45) is 7.05 Å². The van der Waals surface area contributed by atoms with Crippen LogP contribution in [0, 0.1) is 0 Å². The number of carbonyl (C=O) groups is 1. The first-order valence-electron chi connectivity index (χ1n) is 7.74. The molecule has 4 aromatic rings. The number of benzene rings is 2. The Morgan fingerprint density at radius 2 is 2.00 bits per heavy atom. The number of rotatable bonds is 2. The predicted octanol–water partition coefficient (Wildman–Crippen LogP) is 2.87. The van der Waals surface area contributed by atoms with Crippen molar-refractivity contribution in [2.75, 3.05) is 7.11 Å². The molecule has 0 fully saturated rings. The van der Waals surface area contributed by atoms with Gasteiger partial charge in [0.25, 0.3) is 5.56 Å². The summed E-state index contributed by atoms with van der Waals surface area (Å²) >= 11 is 0. The van der Waals surface area contributed by atoms with Gasteiger partial charge in [-0.2, -0.15) is 5.10 Å². The maximum Gasteiger partial charge on any atom is 0.338 e. The van der Waals surface area contributed by atoms with E-state index in [2.05, 4.69) is 10.1 Å². The van der Waals surface area contributed by atoms with E-state index in [1.54, 1.807) is 29.2 Å². The molecule has 25 heavy (non-hydrogen) atoms. The van der Waals surface area contributed by atoms with Crippen molar-refractivity contribution in [3.05, 3.63) is 64.8 Å². The minimum absolute atomic E-state index is 0.192. The SMILES string of the molecule is COC(=O)c1cc2cc[nH]c(=O)c2c2cc(-c3cnn(C)c3)ccc12. The zero-order chi connectivity index (χ0) is 17.6. The first-order valence-corrected chi connectivity index (χ1v) is 7.74. The van der Waals surface area contributed by atoms with Crippen molar-refractivity contribution in [1.29, 1.82) is 0 Å². The zero-order valence-electron chi connectivity index (χ0n) is 13.7. The van der Waals surface area contributed by atoms with Gasteiger partial charge in [-0.05, 0) is 39.9 Å². The summed E-state index contributed by atoms with van der Waals surface area (Å²) in [4.78, 5) is 27.3. The van der Waals surface area contributed by atoms with Crippen LogP contribution in [0.4, 0.5) is 0 Å². The van der Waals surface area contributed by atoms with Crippen molar-refractivity contribution in [3.8, 4) is 11.1 Å². The molecular weight excluding hydrogens is 318 g/mol. The molecule has 2 heterocycles. The van der Waals surface area contributed by atoms with Crippen molar-refractivity contribution in [3.63, 3.8) is 0 Å². The molecule has 0 unspecified atom stereocenters. The highest BCUT2D eigenvalue weighted by molar-refractivity contribution is 6.16. The first kappa shape index (κ1) is 15.1. The smallest absolute Gasteiger partial charge is 0.338 e. The molecule has 0 aliphatic rings. The van der Waals surface area contributed by atoms with E-state index in [1.165, 1.54) is 7.11 Å². The number of ether oxygens (including phenoxy) is 1. The second-order valence-electron chi connectivity index (χ2n) is 5.85. The number of pyridine rings is 1. The van der Waals surface area contributed by atoms with E-state index in [1.807, 2.05) is 31.4 Å². The predicted molar refractivity (Wildman–Crippen MR) is 95.6 cm³/mol. The molecule has 0 saturated carbocycles. The summed E-state index contributed by atoms with van der Waals surface area (Å²) in [6, 6.07) is 9.14. The lowest BCUT2D eigenvalue weighted by atomic mass is 9.95. The fourth-order valence-electron chi connectivity index (χ4n) is 3.14. The van der Waals surface area contributed by atoms with Gasteiger partial charge in [-0.15, -0.1) is 0 Å². The summed E-state index contributed by atoms with van der Waals surface area (Å²) in [5.74, 6) is -0.429. The van der Waals surface area contributed by atoms with E-state index in [0.717, 1.165) is 11.1 Å². The molecule has 2 aromatic carbocycles. The van der Waals surface area contributed by atoms with Crippen LogP contribution in [-0.2, 0) is 11.8 Å². The molecule has 0 saturated heterocycles. The molecule has 6 nitrogen and oxygen atoms in total. The highest BCUT2D eigenvalue weighted by atomic mass is 16.5. The number of aromatic amines is 1. The number of methoxy groups -OCH3 is 1. The summed E-state index contributed by atoms with van der Waals surface area (Å²) in [5.41, 5.74) is 2.11. The molecule has 2 aromatic heterocycles. The van der Waals surface area contributed by atoms with Gasteiger partial charge in [0.15, 0.2) is 0 Å². The number of aryl methyl sites for hydroxylation is 1. The lowest BCUT2D eigenvalue weighted by Crippen LogP contribution is -2.08. The van der Waals surface area contributed by atoms with Gasteiger partial charge in [0.1, 0.15) is 0 Å². The van der Waals surface area contributed by atoms with Gasteiger partial charge in [0.2, 0.25) is 0 Å². The Kier molecular flexibility index (Phi) is 3.39. The Morgan fingerprint density at radius 1 is 1.16 bits per heavy atom. The molecule has 0 radical (unpaired) electrons. The Balaban J connectivity index is 2.13. The molecule has 0 spiro atoms. The highest BCUT2D eigenvalue weighted by Crippen LogP contribution is 2.31. The van der Waals surface area contributed by atoms with Crippen molar-refractivity contribution in [1.82, 2.24) is 14.8 Å². The monoisotopic (exact) mass is 333 g/mol. The van der Waals surface area contributed by atoms with E-state index in [-0.39, 0.29) is 5.56 Å². The minimum Gasteiger partial charge on any atom is -0.465 e. The third kappa shape index (κ3) is 2.39. The van der Waals surface area contributed by atoms with Gasteiger partial charge in [0, 0.05) is 25.0 Å². The summed E-state index contributed by atoms with van der Waals surface area (Å²) in [6.45, 7) is 0. The van der Waals surface area contributed by atoms with Crippen LogP contribution in [0.2, 0.25) is 0 Å². The van der Waals surface area contributed by atoms with Crippen LogP contribution in [0.5, 0.6) is 0 Å². The summed E-state index contributed by atoms with van der Waals surface area (Å²) in [7, 11) is 3.19. The number of H-pyrrole nitrogens is 1. The van der Waals surface area contributed by atoms with Gasteiger partial charge >= 0.3 is 5.97 Å². The third-order valence-corrected chi connectivity index (χ3v) is 4.32. The molecule has 1 N–H and O–H groups in total. The molecule has 0 amide bonds. The normalized spacial score (nSPS) is 11.1. The van der Waals surface area contributed by atoms with E-state index in [4.69, 9.17) is 4.74 Å². The number of aromatic nitrogens is 3. The molecule has 0 bridgehead atoms. The molecule has 4 rings (SSSR count). The first-order chi connectivity index (χ1) is 12.1. The number of nitrogens with zero attached hydrogens (tertiary/aromatic N) is 2. The van der Waals surface area contributed by atoms with Crippen LogP contribution in [-0.4, -0.2) is 27.8 Å². The molecule has 0 aliphatic carbocycles. The van der Waals surface area contributed by atoms with Crippen LogP contribution < -0.4 is 5.56 Å². The van der Waals surface area contributed by atoms with Crippen molar-refractivity contribution in [2.45, 2.75) is 0 Å². The summed E-state index contributed by atoms with van der Waals surface area (Å²) in [6.07, 6.45) is 5.23. The fraction of sp³-hybridized carbons (Fsp3) is 0.105. The van der Waals surface area contributed by atoms with Crippen LogP contribution in [0.3, 0.4) is 0 Å². The molecule has 124 valence electrons. The minimum atomic E-state index is -0.429. The van der Waals surface area contributed by atoms with E-state index >= 15 is 0 Å². The van der Waals surface area contributed by atoms with Gasteiger partial charge in [0.05, 0.1) is 24.3 Å². The quantitative estimate of drug-likeness (QED) is 0.452. The number of carbonyl (C=O) groups excluding carboxylic acids is 1. The second-order valence-corrected chi connectivity index (χ2v) is 5.85. The zero-order valence-corrected chi connectivity index (χ0v) is 13.7. The van der Waals surface area contributed by atoms with E-state index in [0.29, 0.717) is 27.1 Å². The van der Waals surface area contributed by atoms with Crippen molar-refractivity contribution < 1.29 is 9.53 Å². The average Bonchev–Trinajstić information content (AvgIpc) is 3.06. The molecule has 0 atom stereocenters. The van der Waals surface area contributed by atoms with Crippen molar-refractivity contribution >= 4 is 27.5 Å². The van der Waals surface area contributed by atoms with Crippen LogP contribution >= 0.6 is 0 Å². The number of fused-ring (bicyclic) bond motifs is 3. The van der Waals surface area contributed by atoms with E-state index < -0.39 is 5.97 Å². The highest BCUT2D eigenvalue weighted by Gasteiger charge is 2.16. The average molecular weight is 333 g/mol. The largest absolute Gasteiger partial charge is 0.465 e. The Hall–Kier alpha value is -3.41. The second kappa shape index (κ2) is 5.59. The Labute approximate surface area is 142 Å². The molecule has 6 heteroatoms. The lowest BCUT2D eigenvalue weighted by Gasteiger charge is -2.10. The number of hydrogen-bond acceptors (Lipinski definition) is 4. The standard InChI is InChI=1S/C19H15N3O3/c1-22-10-13(9-21-22)11-3-4-14-15(7-11)17-12(5-6-20-18(17)23)8-16(14)19(24)25-2/h3-10H,1-2H3,(H,20,23). The Bertz CT molecular complexity index is 1190. The Morgan fingerprint density at radius 3 is 2.72 bits per heavy atom. The maximum atomic E-state index is 12.4. The summed E-state index contributed by atoms with van der Waals surface area (Å²) < 4.78 is 6.62. The number of nitrogens with one attached hydrogen (secondary N) is 1.